The molecule has 0 radical (unpaired) electrons. The molecule has 1 aliphatic carbocycles. The second-order valence-electron chi connectivity index (χ2n) is 4.94. The van der Waals surface area contributed by atoms with E-state index in [0.717, 1.165) is 18.4 Å². The van der Waals surface area contributed by atoms with Crippen molar-refractivity contribution < 1.29 is 14.3 Å². The average molecular weight is 249 g/mol. The van der Waals surface area contributed by atoms with Crippen molar-refractivity contribution in [3.8, 4) is 0 Å². The molecule has 0 aliphatic heterocycles. The van der Waals surface area contributed by atoms with Gasteiger partial charge in [0, 0.05) is 5.54 Å². The third-order valence-corrected chi connectivity index (χ3v) is 3.32. The zero-order valence-electron chi connectivity index (χ0n) is 10.6. The molecule has 2 N–H and O–H groups in total. The van der Waals surface area contributed by atoms with Crippen molar-refractivity contribution in [3.63, 3.8) is 0 Å². The van der Waals surface area contributed by atoms with Gasteiger partial charge in [0.2, 0.25) is 0 Å². The van der Waals surface area contributed by atoms with E-state index in [1.807, 2.05) is 30.3 Å². The lowest BCUT2D eigenvalue weighted by Crippen LogP contribution is -2.56. The fraction of sp³-hybridized carbons (Fsp3) is 0.500. The summed E-state index contributed by atoms with van der Waals surface area (Å²) in [6.45, 7) is 0.597. The molecule has 18 heavy (non-hydrogen) atoms. The van der Waals surface area contributed by atoms with E-state index in [1.54, 1.807) is 0 Å². The van der Waals surface area contributed by atoms with Gasteiger partial charge in [0.15, 0.2) is 0 Å². The fourth-order valence-corrected chi connectivity index (χ4v) is 2.26. The lowest BCUT2D eigenvalue weighted by atomic mass is 9.73. The first kappa shape index (κ1) is 13.1. The minimum absolute atomic E-state index is 0.153. The summed E-state index contributed by atoms with van der Waals surface area (Å²) in [4.78, 5) is 11.2. The van der Waals surface area contributed by atoms with Gasteiger partial charge < -0.3 is 15.2 Å². The van der Waals surface area contributed by atoms with Gasteiger partial charge in [0.25, 0.3) is 0 Å². The van der Waals surface area contributed by atoms with Crippen LogP contribution in [0.4, 0.5) is 0 Å². The Kier molecular flexibility index (Phi) is 3.99. The molecule has 98 valence electrons. The predicted molar refractivity (Wildman–Crippen MR) is 67.8 cm³/mol. The van der Waals surface area contributed by atoms with Crippen LogP contribution in [0.1, 0.15) is 24.8 Å². The molecule has 0 aromatic heterocycles. The number of carbonyl (C=O) groups excluding carboxylic acids is 1. The Labute approximate surface area is 107 Å². The Morgan fingerprint density at radius 3 is 2.67 bits per heavy atom. The maximum absolute atomic E-state index is 11.2. The van der Waals surface area contributed by atoms with Crippen LogP contribution in [0.15, 0.2) is 30.3 Å². The summed E-state index contributed by atoms with van der Waals surface area (Å²) >= 11 is 0. The van der Waals surface area contributed by atoms with Gasteiger partial charge in [-0.25, -0.2) is 0 Å². The van der Waals surface area contributed by atoms with Crippen LogP contribution >= 0.6 is 0 Å². The van der Waals surface area contributed by atoms with Crippen LogP contribution in [-0.4, -0.2) is 24.7 Å². The highest BCUT2D eigenvalue weighted by Gasteiger charge is 2.43. The van der Waals surface area contributed by atoms with Gasteiger partial charge in [0.05, 0.1) is 26.2 Å². The van der Waals surface area contributed by atoms with Crippen LogP contribution in [0.5, 0.6) is 0 Å². The SMILES string of the molecule is COC(=O)CC1(N)CC(OCc2ccccc2)C1. The number of nitrogens with two attached hydrogens (primary N) is 1. The standard InChI is InChI=1S/C14H19NO3/c1-17-13(16)9-14(15)7-12(8-14)18-10-11-5-3-2-4-6-11/h2-6,12H,7-10,15H2,1H3. The van der Waals surface area contributed by atoms with Crippen LogP contribution < -0.4 is 5.73 Å². The largest absolute Gasteiger partial charge is 0.469 e. The van der Waals surface area contributed by atoms with E-state index in [-0.39, 0.29) is 18.5 Å². The first-order valence-corrected chi connectivity index (χ1v) is 6.12. The third kappa shape index (κ3) is 3.31. The van der Waals surface area contributed by atoms with Crippen molar-refractivity contribution >= 4 is 5.97 Å². The van der Waals surface area contributed by atoms with Crippen molar-refractivity contribution in [2.45, 2.75) is 37.5 Å². The van der Waals surface area contributed by atoms with Crippen LogP contribution in [0.3, 0.4) is 0 Å². The van der Waals surface area contributed by atoms with E-state index in [2.05, 4.69) is 4.74 Å². The fourth-order valence-electron chi connectivity index (χ4n) is 2.26. The number of rotatable bonds is 5. The van der Waals surface area contributed by atoms with Crippen LogP contribution in [0.2, 0.25) is 0 Å². The van der Waals surface area contributed by atoms with E-state index in [0.29, 0.717) is 6.61 Å². The number of carbonyl (C=O) groups is 1. The zero-order chi connectivity index (χ0) is 13.0. The maximum atomic E-state index is 11.2. The molecular weight excluding hydrogens is 230 g/mol. The second kappa shape index (κ2) is 5.50. The molecule has 1 saturated carbocycles. The first-order valence-electron chi connectivity index (χ1n) is 6.12. The molecule has 2 rings (SSSR count). The summed E-state index contributed by atoms with van der Waals surface area (Å²) in [5.41, 5.74) is 6.77. The van der Waals surface area contributed by atoms with Gasteiger partial charge in [-0.2, -0.15) is 0 Å². The van der Waals surface area contributed by atoms with E-state index < -0.39 is 5.54 Å². The van der Waals surface area contributed by atoms with Crippen LogP contribution in [-0.2, 0) is 20.9 Å². The Morgan fingerprint density at radius 2 is 2.06 bits per heavy atom. The summed E-state index contributed by atoms with van der Waals surface area (Å²) in [5.74, 6) is -0.251. The van der Waals surface area contributed by atoms with E-state index in [1.165, 1.54) is 7.11 Å². The molecule has 0 atom stereocenters. The topological polar surface area (TPSA) is 61.5 Å². The maximum Gasteiger partial charge on any atom is 0.307 e. The molecule has 4 heteroatoms. The summed E-state index contributed by atoms with van der Waals surface area (Å²) in [6.07, 6.45) is 1.86. The Balaban J connectivity index is 1.71. The minimum Gasteiger partial charge on any atom is -0.469 e. The molecule has 0 saturated heterocycles. The summed E-state index contributed by atoms with van der Waals surface area (Å²) in [5, 5.41) is 0. The molecule has 1 aromatic carbocycles. The summed E-state index contributed by atoms with van der Waals surface area (Å²) in [7, 11) is 1.38. The van der Waals surface area contributed by atoms with Crippen molar-refractivity contribution in [2.24, 2.45) is 5.73 Å². The highest BCUT2D eigenvalue weighted by molar-refractivity contribution is 5.71. The molecule has 1 aliphatic rings. The zero-order valence-corrected chi connectivity index (χ0v) is 10.6. The van der Waals surface area contributed by atoms with Crippen molar-refractivity contribution in [1.29, 1.82) is 0 Å². The second-order valence-corrected chi connectivity index (χ2v) is 4.94. The van der Waals surface area contributed by atoms with Gasteiger partial charge in [-0.1, -0.05) is 30.3 Å². The molecule has 1 aromatic rings. The van der Waals surface area contributed by atoms with Gasteiger partial charge in [0.1, 0.15) is 0 Å². The average Bonchev–Trinajstić information content (AvgIpc) is 2.35. The highest BCUT2D eigenvalue weighted by atomic mass is 16.5. The number of hydrogen-bond donors (Lipinski definition) is 1. The minimum atomic E-state index is -0.436. The van der Waals surface area contributed by atoms with Gasteiger partial charge in [-0.3, -0.25) is 4.79 Å². The monoisotopic (exact) mass is 249 g/mol. The number of hydrogen-bond acceptors (Lipinski definition) is 4. The van der Waals surface area contributed by atoms with Crippen LogP contribution in [0.25, 0.3) is 0 Å². The Bertz CT molecular complexity index is 399. The first-order chi connectivity index (χ1) is 8.61. The number of esters is 1. The third-order valence-electron chi connectivity index (χ3n) is 3.32. The quantitative estimate of drug-likeness (QED) is 0.806. The molecule has 0 unspecified atom stereocenters. The van der Waals surface area contributed by atoms with E-state index in [9.17, 15) is 4.79 Å². The Morgan fingerprint density at radius 1 is 1.39 bits per heavy atom. The molecule has 0 spiro atoms. The number of methoxy groups -OCH3 is 1. The molecule has 4 nitrogen and oxygen atoms in total. The van der Waals surface area contributed by atoms with Crippen molar-refractivity contribution in [1.82, 2.24) is 0 Å². The number of ether oxygens (including phenoxy) is 2. The molecule has 0 bridgehead atoms. The normalized spacial score (nSPS) is 26.4. The van der Waals surface area contributed by atoms with Gasteiger partial charge in [-0.05, 0) is 18.4 Å². The number of benzene rings is 1. The smallest absolute Gasteiger partial charge is 0.307 e. The molecule has 1 fully saturated rings. The van der Waals surface area contributed by atoms with E-state index >= 15 is 0 Å². The lowest BCUT2D eigenvalue weighted by Gasteiger charge is -2.43. The highest BCUT2D eigenvalue weighted by Crippen LogP contribution is 2.35. The van der Waals surface area contributed by atoms with E-state index in [4.69, 9.17) is 10.5 Å². The predicted octanol–water partition coefficient (Wildman–Crippen LogP) is 1.63. The molecular formula is C14H19NO3. The molecule has 0 amide bonds. The Hall–Kier alpha value is -1.39. The van der Waals surface area contributed by atoms with Crippen molar-refractivity contribution in [2.75, 3.05) is 7.11 Å². The van der Waals surface area contributed by atoms with Gasteiger partial charge >= 0.3 is 5.97 Å². The summed E-state index contributed by atoms with van der Waals surface area (Å²) in [6, 6.07) is 10.0. The van der Waals surface area contributed by atoms with Crippen LogP contribution in [0, 0.1) is 0 Å². The molecule has 0 heterocycles. The lowest BCUT2D eigenvalue weighted by molar-refractivity contribution is -0.145. The summed E-state index contributed by atoms with van der Waals surface area (Å²) < 4.78 is 10.4. The van der Waals surface area contributed by atoms with Gasteiger partial charge in [-0.15, -0.1) is 0 Å². The van der Waals surface area contributed by atoms with Crippen molar-refractivity contribution in [3.05, 3.63) is 35.9 Å².